The van der Waals surface area contributed by atoms with Crippen LogP contribution in [0.25, 0.3) is 22.2 Å². The van der Waals surface area contributed by atoms with Crippen LogP contribution in [0.5, 0.6) is 0 Å². The number of anilines is 1. The second-order valence-corrected chi connectivity index (χ2v) is 6.41. The standard InChI is InChI=1S/C18H18FN7/c1-11(2)26-7-6-12(23-26)9-25-10-16(22-24-25)14-8-17(20)21-18-13(14)4-3-5-15(18)19/h3-8,10-11H,9H2,1-2H3,(H2,20,21). The lowest BCUT2D eigenvalue weighted by Crippen LogP contribution is -2.05. The average molecular weight is 351 g/mol. The predicted molar refractivity (Wildman–Crippen MR) is 96.8 cm³/mol. The quantitative estimate of drug-likeness (QED) is 0.610. The fraction of sp³-hybridized carbons (Fsp3) is 0.222. The van der Waals surface area contributed by atoms with Crippen molar-refractivity contribution in [3.63, 3.8) is 0 Å². The van der Waals surface area contributed by atoms with E-state index in [2.05, 4.69) is 34.2 Å². The van der Waals surface area contributed by atoms with Crippen molar-refractivity contribution >= 4 is 16.7 Å². The number of rotatable bonds is 4. The van der Waals surface area contributed by atoms with Crippen LogP contribution in [0.15, 0.2) is 42.7 Å². The van der Waals surface area contributed by atoms with E-state index in [1.165, 1.54) is 6.07 Å². The molecule has 2 N–H and O–H groups in total. The van der Waals surface area contributed by atoms with Gasteiger partial charge in [-0.15, -0.1) is 5.10 Å². The van der Waals surface area contributed by atoms with Gasteiger partial charge in [0, 0.05) is 23.2 Å². The first kappa shape index (κ1) is 16.2. The summed E-state index contributed by atoms with van der Waals surface area (Å²) < 4.78 is 17.6. The average Bonchev–Trinajstić information content (AvgIpc) is 3.25. The number of benzene rings is 1. The Kier molecular flexibility index (Phi) is 3.87. The molecule has 0 spiro atoms. The summed E-state index contributed by atoms with van der Waals surface area (Å²) in [5.41, 5.74) is 8.27. The molecule has 1 aromatic carbocycles. The smallest absolute Gasteiger partial charge is 0.149 e. The number of fused-ring (bicyclic) bond motifs is 1. The van der Waals surface area contributed by atoms with Gasteiger partial charge in [-0.25, -0.2) is 14.1 Å². The van der Waals surface area contributed by atoms with Crippen molar-refractivity contribution in [3.8, 4) is 11.3 Å². The maximum atomic E-state index is 14.1. The molecule has 4 aromatic rings. The molecule has 0 radical (unpaired) electrons. The van der Waals surface area contributed by atoms with Crippen LogP contribution in [0.2, 0.25) is 0 Å². The fourth-order valence-electron chi connectivity index (χ4n) is 2.86. The zero-order chi connectivity index (χ0) is 18.3. The van der Waals surface area contributed by atoms with E-state index >= 15 is 0 Å². The molecule has 0 aliphatic carbocycles. The van der Waals surface area contributed by atoms with Gasteiger partial charge in [0.2, 0.25) is 0 Å². The minimum Gasteiger partial charge on any atom is -0.384 e. The van der Waals surface area contributed by atoms with Gasteiger partial charge in [-0.2, -0.15) is 5.10 Å². The number of halogens is 1. The maximum absolute atomic E-state index is 14.1. The van der Waals surface area contributed by atoms with Gasteiger partial charge in [0.1, 0.15) is 22.8 Å². The highest BCUT2D eigenvalue weighted by Crippen LogP contribution is 2.29. The van der Waals surface area contributed by atoms with Crippen LogP contribution in [0, 0.1) is 5.82 Å². The van der Waals surface area contributed by atoms with E-state index in [4.69, 9.17) is 5.73 Å². The Bertz CT molecular complexity index is 1080. The van der Waals surface area contributed by atoms with E-state index in [0.717, 1.165) is 5.69 Å². The molecule has 0 unspecified atom stereocenters. The normalized spacial score (nSPS) is 11.5. The summed E-state index contributed by atoms with van der Waals surface area (Å²) in [4.78, 5) is 4.09. The Morgan fingerprint density at radius 3 is 2.85 bits per heavy atom. The third-order valence-corrected chi connectivity index (χ3v) is 4.14. The first-order valence-corrected chi connectivity index (χ1v) is 8.30. The van der Waals surface area contributed by atoms with Crippen LogP contribution in [0.3, 0.4) is 0 Å². The summed E-state index contributed by atoms with van der Waals surface area (Å²) >= 11 is 0. The van der Waals surface area contributed by atoms with Crippen LogP contribution in [-0.4, -0.2) is 29.8 Å². The molecule has 7 nitrogen and oxygen atoms in total. The second-order valence-electron chi connectivity index (χ2n) is 6.41. The lowest BCUT2D eigenvalue weighted by Gasteiger charge is -2.05. The van der Waals surface area contributed by atoms with E-state index in [9.17, 15) is 4.39 Å². The molecule has 0 aliphatic rings. The largest absolute Gasteiger partial charge is 0.384 e. The Balaban J connectivity index is 1.70. The molecule has 26 heavy (non-hydrogen) atoms. The molecule has 0 bridgehead atoms. The molecule has 8 heteroatoms. The zero-order valence-corrected chi connectivity index (χ0v) is 14.5. The third kappa shape index (κ3) is 2.90. The summed E-state index contributed by atoms with van der Waals surface area (Å²) in [6, 6.07) is 8.74. The fourth-order valence-corrected chi connectivity index (χ4v) is 2.86. The lowest BCUT2D eigenvalue weighted by atomic mass is 10.1. The van der Waals surface area contributed by atoms with Crippen molar-refractivity contribution in [2.45, 2.75) is 26.4 Å². The first-order valence-electron chi connectivity index (χ1n) is 8.30. The number of nitrogens with zero attached hydrogens (tertiary/aromatic N) is 6. The van der Waals surface area contributed by atoms with E-state index < -0.39 is 5.82 Å². The number of para-hydroxylation sites is 1. The number of hydrogen-bond donors (Lipinski definition) is 1. The van der Waals surface area contributed by atoms with Crippen LogP contribution in [0.4, 0.5) is 10.2 Å². The Labute approximate surface area is 149 Å². The molecule has 132 valence electrons. The summed E-state index contributed by atoms with van der Waals surface area (Å²) in [5, 5.41) is 13.5. The van der Waals surface area contributed by atoms with Crippen LogP contribution in [-0.2, 0) is 6.54 Å². The molecule has 3 aromatic heterocycles. The highest BCUT2D eigenvalue weighted by molar-refractivity contribution is 5.95. The first-order chi connectivity index (χ1) is 12.5. The maximum Gasteiger partial charge on any atom is 0.149 e. The SMILES string of the molecule is CC(C)n1ccc(Cn2cc(-c3cc(N)nc4c(F)cccc34)nn2)n1. The van der Waals surface area contributed by atoms with Gasteiger partial charge < -0.3 is 5.73 Å². The van der Waals surface area contributed by atoms with Crippen molar-refractivity contribution in [2.75, 3.05) is 5.73 Å². The second kappa shape index (κ2) is 6.21. The van der Waals surface area contributed by atoms with Crippen molar-refractivity contribution in [1.29, 1.82) is 0 Å². The zero-order valence-electron chi connectivity index (χ0n) is 14.5. The Morgan fingerprint density at radius 2 is 2.08 bits per heavy atom. The molecule has 0 aliphatic heterocycles. The van der Waals surface area contributed by atoms with E-state index in [1.807, 2.05) is 16.9 Å². The number of nitrogens with two attached hydrogens (primary N) is 1. The highest BCUT2D eigenvalue weighted by Gasteiger charge is 2.13. The summed E-state index contributed by atoms with van der Waals surface area (Å²) in [7, 11) is 0. The Hall–Kier alpha value is -3.29. The summed E-state index contributed by atoms with van der Waals surface area (Å²) in [6.45, 7) is 4.64. The minimum atomic E-state index is -0.414. The van der Waals surface area contributed by atoms with Crippen LogP contribution < -0.4 is 5.73 Å². The monoisotopic (exact) mass is 351 g/mol. The molecule has 0 amide bonds. The van der Waals surface area contributed by atoms with E-state index in [1.54, 1.807) is 29.1 Å². The molecule has 0 atom stereocenters. The van der Waals surface area contributed by atoms with Crippen LogP contribution >= 0.6 is 0 Å². The van der Waals surface area contributed by atoms with Crippen molar-refractivity contribution in [2.24, 2.45) is 0 Å². The predicted octanol–water partition coefficient (Wildman–Crippen LogP) is 3.04. The molecular weight excluding hydrogens is 333 g/mol. The topological polar surface area (TPSA) is 87.4 Å². The molecule has 0 saturated carbocycles. The minimum absolute atomic E-state index is 0.229. The molecule has 4 rings (SSSR count). The van der Waals surface area contributed by atoms with E-state index in [-0.39, 0.29) is 11.3 Å². The highest BCUT2D eigenvalue weighted by atomic mass is 19.1. The van der Waals surface area contributed by atoms with Crippen LogP contribution in [0.1, 0.15) is 25.6 Å². The van der Waals surface area contributed by atoms with Gasteiger partial charge in [0.15, 0.2) is 0 Å². The van der Waals surface area contributed by atoms with Gasteiger partial charge in [-0.1, -0.05) is 17.3 Å². The summed E-state index contributed by atoms with van der Waals surface area (Å²) in [6.07, 6.45) is 3.74. The van der Waals surface area contributed by atoms with Crippen molar-refractivity contribution < 1.29 is 4.39 Å². The van der Waals surface area contributed by atoms with Gasteiger partial charge >= 0.3 is 0 Å². The van der Waals surface area contributed by atoms with Gasteiger partial charge in [-0.3, -0.25) is 4.68 Å². The molecule has 0 saturated heterocycles. The molecule has 3 heterocycles. The summed E-state index contributed by atoms with van der Waals surface area (Å²) in [5.74, 6) is -0.175. The molecule has 0 fully saturated rings. The number of pyridine rings is 1. The Morgan fingerprint density at radius 1 is 1.23 bits per heavy atom. The number of aromatic nitrogens is 6. The van der Waals surface area contributed by atoms with Crippen molar-refractivity contribution in [1.82, 2.24) is 29.8 Å². The lowest BCUT2D eigenvalue weighted by molar-refractivity contribution is 0.519. The van der Waals surface area contributed by atoms with Gasteiger partial charge in [0.05, 0.1) is 18.4 Å². The number of nitrogen functional groups attached to an aromatic ring is 1. The van der Waals surface area contributed by atoms with Crippen molar-refractivity contribution in [3.05, 3.63) is 54.2 Å². The third-order valence-electron chi connectivity index (χ3n) is 4.14. The van der Waals surface area contributed by atoms with E-state index in [0.29, 0.717) is 29.2 Å². The number of hydrogen-bond acceptors (Lipinski definition) is 5. The van der Waals surface area contributed by atoms with Gasteiger partial charge in [-0.05, 0) is 32.0 Å². The molecular formula is C18H18FN7. The van der Waals surface area contributed by atoms with Gasteiger partial charge in [0.25, 0.3) is 0 Å².